The summed E-state index contributed by atoms with van der Waals surface area (Å²) >= 11 is 0. The normalized spacial score (nSPS) is 13.7. The van der Waals surface area contributed by atoms with Gasteiger partial charge < -0.3 is 28.5 Å². The highest BCUT2D eigenvalue weighted by molar-refractivity contribution is 5.71. The maximum atomic E-state index is 13.0. The van der Waals surface area contributed by atoms with Crippen molar-refractivity contribution in [2.45, 2.75) is 322 Å². The maximum absolute atomic E-state index is 13.0. The molecule has 0 aromatic rings. The van der Waals surface area contributed by atoms with Crippen molar-refractivity contribution < 1.29 is 42.9 Å². The van der Waals surface area contributed by atoms with Gasteiger partial charge in [0.1, 0.15) is 13.2 Å². The number of aliphatic carboxylic acids is 1. The Kier molecular flexibility index (Phi) is 75.2. The van der Waals surface area contributed by atoms with Gasteiger partial charge in [-0.1, -0.05) is 350 Å². The Labute approximate surface area is 621 Å². The van der Waals surface area contributed by atoms with E-state index in [2.05, 4.69) is 208 Å². The Balaban J connectivity index is 4.10. The summed E-state index contributed by atoms with van der Waals surface area (Å²) in [4.78, 5) is 37.8. The summed E-state index contributed by atoms with van der Waals surface area (Å²) in [7, 11) is 5.97. The van der Waals surface area contributed by atoms with E-state index in [4.69, 9.17) is 18.9 Å². The quantitative estimate of drug-likeness (QED) is 0.0211. The van der Waals surface area contributed by atoms with Crippen LogP contribution < -0.4 is 0 Å². The van der Waals surface area contributed by atoms with Crippen molar-refractivity contribution in [1.29, 1.82) is 0 Å². The minimum Gasteiger partial charge on any atom is -0.477 e. The van der Waals surface area contributed by atoms with Gasteiger partial charge in [0, 0.05) is 12.8 Å². The van der Waals surface area contributed by atoms with Crippen LogP contribution in [0.2, 0.25) is 0 Å². The van der Waals surface area contributed by atoms with Gasteiger partial charge in [-0.15, -0.1) is 0 Å². The van der Waals surface area contributed by atoms with E-state index >= 15 is 0 Å². The summed E-state index contributed by atoms with van der Waals surface area (Å²) in [5.41, 5.74) is 0. The number of carbonyl (C=O) groups excluding carboxylic acids is 2. The van der Waals surface area contributed by atoms with Crippen molar-refractivity contribution in [3.05, 3.63) is 194 Å². The molecule has 101 heavy (non-hydrogen) atoms. The van der Waals surface area contributed by atoms with Crippen molar-refractivity contribution in [3.8, 4) is 0 Å². The first-order chi connectivity index (χ1) is 49.6. The maximum Gasteiger partial charge on any atom is 0.361 e. The van der Waals surface area contributed by atoms with E-state index in [1.165, 1.54) is 128 Å². The van der Waals surface area contributed by atoms with Crippen LogP contribution in [0.25, 0.3) is 0 Å². The van der Waals surface area contributed by atoms with Crippen molar-refractivity contribution >= 4 is 17.9 Å². The highest BCUT2D eigenvalue weighted by atomic mass is 16.7. The molecule has 0 heterocycles. The molecule has 1 N–H and O–H groups in total. The van der Waals surface area contributed by atoms with E-state index in [1.807, 2.05) is 21.1 Å². The van der Waals surface area contributed by atoms with Crippen LogP contribution in [0.15, 0.2) is 194 Å². The van der Waals surface area contributed by atoms with Gasteiger partial charge >= 0.3 is 17.9 Å². The second kappa shape index (κ2) is 79.8. The summed E-state index contributed by atoms with van der Waals surface area (Å²) in [6.45, 7) is 4.64. The molecule has 0 amide bonds. The van der Waals surface area contributed by atoms with E-state index in [0.29, 0.717) is 23.9 Å². The third-order valence-corrected chi connectivity index (χ3v) is 16.8. The third kappa shape index (κ3) is 81.3. The topological polar surface area (TPSA) is 108 Å². The summed E-state index contributed by atoms with van der Waals surface area (Å²) in [6, 6.07) is 0. The zero-order valence-corrected chi connectivity index (χ0v) is 65.2. The van der Waals surface area contributed by atoms with E-state index in [1.54, 1.807) is 0 Å². The molecule has 0 saturated carbocycles. The molecule has 570 valence electrons. The largest absolute Gasteiger partial charge is 0.477 e. The van der Waals surface area contributed by atoms with Crippen LogP contribution in [0.1, 0.15) is 309 Å². The monoisotopic (exact) mass is 1400 g/mol. The molecule has 2 atom stereocenters. The summed E-state index contributed by atoms with van der Waals surface area (Å²) in [5, 5.41) is 9.78. The number of carboxylic acids is 1. The fourth-order valence-corrected chi connectivity index (χ4v) is 10.8. The van der Waals surface area contributed by atoms with E-state index in [0.717, 1.165) is 148 Å². The number of ether oxygens (including phenoxy) is 4. The first-order valence-electron chi connectivity index (χ1n) is 40.6. The number of nitrogens with zero attached hydrogens (tertiary/aromatic N) is 1. The summed E-state index contributed by atoms with van der Waals surface area (Å²) in [5.74, 6) is -2.02. The minimum atomic E-state index is -1.52. The predicted molar refractivity (Wildman–Crippen MR) is 437 cm³/mol. The summed E-state index contributed by atoms with van der Waals surface area (Å²) in [6.07, 6.45) is 120. The zero-order valence-electron chi connectivity index (χ0n) is 65.2. The number of hydrogen-bond donors (Lipinski definition) is 1. The number of unbranched alkanes of at least 4 members (excludes halogenated alkanes) is 26. The van der Waals surface area contributed by atoms with Crippen LogP contribution in [0.3, 0.4) is 0 Å². The van der Waals surface area contributed by atoms with Gasteiger partial charge in [0.05, 0.1) is 34.4 Å². The highest BCUT2D eigenvalue weighted by Gasteiger charge is 2.25. The van der Waals surface area contributed by atoms with Gasteiger partial charge in [0.25, 0.3) is 6.29 Å². The van der Waals surface area contributed by atoms with Gasteiger partial charge in [-0.25, -0.2) is 4.79 Å². The number of carbonyl (C=O) groups is 3. The average Bonchev–Trinajstić information content (AvgIpc) is 1.25. The zero-order chi connectivity index (χ0) is 73.2. The molecule has 2 unspecified atom stereocenters. The molecule has 0 fully saturated rings. The molecule has 0 spiro atoms. The predicted octanol–water partition coefficient (Wildman–Crippen LogP) is 26.5. The Morgan fingerprint density at radius 3 is 0.792 bits per heavy atom. The second-order valence-corrected chi connectivity index (χ2v) is 27.6. The Hall–Kier alpha value is -5.87. The van der Waals surface area contributed by atoms with Gasteiger partial charge in [-0.05, 0) is 141 Å². The molecule has 0 aliphatic rings. The van der Waals surface area contributed by atoms with Crippen LogP contribution in [0.4, 0.5) is 0 Å². The molecule has 0 aromatic carbocycles. The number of quaternary nitrogens is 1. The Morgan fingerprint density at radius 1 is 0.297 bits per heavy atom. The molecule has 0 radical (unpaired) electrons. The molecule has 9 nitrogen and oxygen atoms in total. The molecular formula is C92H150NO8+. The van der Waals surface area contributed by atoms with Crippen LogP contribution >= 0.6 is 0 Å². The fourth-order valence-electron chi connectivity index (χ4n) is 10.8. The van der Waals surface area contributed by atoms with E-state index < -0.39 is 24.3 Å². The number of carboxylic acid groups (broad SMARTS) is 1. The SMILES string of the molecule is CC/C=C\C/C=C\C/C=C\C/C=C\C/C=C\C/C=C\C/C=C\C/C=C\C/C=C\CCCCCCCCCCCC(=O)OC(COC(=O)CCCCCCCCCCCCCCCCCCC/C=C\C/C=C\C/C=C\C/C=C\C/C=C\C/C=C\C/C=C\CC)COC(OCC[N+](C)(C)C)C(=O)O. The highest BCUT2D eigenvalue weighted by Crippen LogP contribution is 2.17. The number of hydrogen-bond acceptors (Lipinski definition) is 7. The number of esters is 2. The van der Waals surface area contributed by atoms with Gasteiger partial charge in [0.2, 0.25) is 0 Å². The Morgan fingerprint density at radius 2 is 0.535 bits per heavy atom. The van der Waals surface area contributed by atoms with Crippen molar-refractivity contribution in [2.75, 3.05) is 47.5 Å². The minimum absolute atomic E-state index is 0.179. The van der Waals surface area contributed by atoms with Gasteiger partial charge in [0.15, 0.2) is 6.10 Å². The second-order valence-electron chi connectivity index (χ2n) is 27.6. The lowest BCUT2D eigenvalue weighted by Gasteiger charge is -2.25. The van der Waals surface area contributed by atoms with Crippen LogP contribution in [-0.4, -0.2) is 87.4 Å². The average molecular weight is 1400 g/mol. The van der Waals surface area contributed by atoms with Crippen molar-refractivity contribution in [2.24, 2.45) is 0 Å². The standard InChI is InChI=1S/C92H149NO8/c1-6-8-10-12-14-16-18-20-22-24-26-28-30-32-34-36-38-40-42-44-45-47-48-50-52-54-56-58-60-62-64-66-68-70-72-74-76-78-80-82-89(94)99-86-88(87-100-92(91(96)97)98-85-84-93(3,4)5)101-90(95)83-81-79-77-75-73-71-69-67-65-63-61-59-57-55-53-51-49-46-43-41-39-37-35-33-31-29-27-25-23-21-19-17-15-13-11-9-7-2/h8-11,14-17,20-23,26-29,32-35,38-41,44-46,49,53,55,59,61,88,92H,6-7,12-13,18-19,24-25,30-31,36-37,42-43,47-48,50-52,54,56-58,60,62-87H2,1-5H3/p+1/b10-8-,11-9-,16-14-,17-15-,22-20-,23-21-,28-26-,29-27-,34-32-,35-33-,40-38-,41-39-,45-44-,49-46-,55-53-,61-59-. The lowest BCUT2D eigenvalue weighted by molar-refractivity contribution is -0.870. The van der Waals surface area contributed by atoms with Crippen molar-refractivity contribution in [3.63, 3.8) is 0 Å². The molecule has 0 saturated heterocycles. The molecule has 0 aliphatic heterocycles. The summed E-state index contributed by atoms with van der Waals surface area (Å²) < 4.78 is 23.0. The third-order valence-electron chi connectivity index (χ3n) is 16.8. The van der Waals surface area contributed by atoms with Gasteiger partial charge in [-0.2, -0.15) is 0 Å². The van der Waals surface area contributed by atoms with Crippen LogP contribution in [-0.2, 0) is 33.3 Å². The van der Waals surface area contributed by atoms with E-state index in [-0.39, 0.29) is 32.2 Å². The number of likely N-dealkylation sites (N-methyl/N-ethyl adjacent to an activating group) is 1. The van der Waals surface area contributed by atoms with Crippen LogP contribution in [0.5, 0.6) is 0 Å². The molecule has 0 aromatic heterocycles. The molecule has 0 rings (SSSR count). The number of rotatable bonds is 73. The van der Waals surface area contributed by atoms with Crippen molar-refractivity contribution in [1.82, 2.24) is 0 Å². The first kappa shape index (κ1) is 95.1. The van der Waals surface area contributed by atoms with E-state index in [9.17, 15) is 19.5 Å². The first-order valence-corrected chi connectivity index (χ1v) is 40.6. The molecule has 0 bridgehead atoms. The molecule has 9 heteroatoms. The lowest BCUT2D eigenvalue weighted by Crippen LogP contribution is -2.40. The number of allylic oxidation sites excluding steroid dienone is 32. The molecular weight excluding hydrogens is 1250 g/mol. The van der Waals surface area contributed by atoms with Crippen LogP contribution in [0, 0.1) is 0 Å². The Bertz CT molecular complexity index is 2380. The molecule has 0 aliphatic carbocycles. The van der Waals surface area contributed by atoms with Gasteiger partial charge in [-0.3, -0.25) is 9.59 Å². The smallest absolute Gasteiger partial charge is 0.361 e. The fraction of sp³-hybridized carbons (Fsp3) is 0.620. The lowest BCUT2D eigenvalue weighted by atomic mass is 10.0.